The Balaban J connectivity index is 1.82. The molecule has 3 rings (SSSR count). The molecule has 2 aromatic rings. The van der Waals surface area contributed by atoms with E-state index in [9.17, 15) is 13.2 Å². The standard InChI is InChI=1S/C14H18N4O4S2/c1-10-9-23-14(15-10)16-13(19)12-7-11(8-17(12)2)24(20,21)18-3-5-22-6-4-18/h7-9H,3-6H2,1-2H3,(H,15,16,19). The van der Waals surface area contributed by atoms with Crippen LogP contribution >= 0.6 is 11.3 Å². The van der Waals surface area contributed by atoms with Gasteiger partial charge in [-0.2, -0.15) is 4.31 Å². The number of aromatic nitrogens is 2. The second kappa shape index (κ2) is 6.63. The molecule has 0 radical (unpaired) electrons. The van der Waals surface area contributed by atoms with Crippen LogP contribution in [-0.2, 0) is 21.8 Å². The van der Waals surface area contributed by atoms with Gasteiger partial charge in [0.1, 0.15) is 10.6 Å². The lowest BCUT2D eigenvalue weighted by Gasteiger charge is -2.25. The average molecular weight is 370 g/mol. The van der Waals surface area contributed by atoms with Crippen molar-refractivity contribution in [3.8, 4) is 0 Å². The Morgan fingerprint density at radius 2 is 2.08 bits per heavy atom. The lowest BCUT2D eigenvalue weighted by Crippen LogP contribution is -2.40. The molecule has 1 amide bonds. The highest BCUT2D eigenvalue weighted by atomic mass is 32.2. The van der Waals surface area contributed by atoms with Gasteiger partial charge in [-0.25, -0.2) is 13.4 Å². The molecule has 24 heavy (non-hydrogen) atoms. The van der Waals surface area contributed by atoms with Crippen LogP contribution in [0.25, 0.3) is 0 Å². The minimum absolute atomic E-state index is 0.104. The molecule has 0 unspecified atom stereocenters. The van der Waals surface area contributed by atoms with E-state index in [1.165, 1.54) is 32.5 Å². The molecule has 3 heterocycles. The molecule has 130 valence electrons. The van der Waals surface area contributed by atoms with Crippen molar-refractivity contribution >= 4 is 32.4 Å². The lowest BCUT2D eigenvalue weighted by atomic mass is 10.4. The predicted molar refractivity (Wildman–Crippen MR) is 89.8 cm³/mol. The third-order valence-corrected chi connectivity index (χ3v) is 6.40. The van der Waals surface area contributed by atoms with Gasteiger partial charge in [-0.15, -0.1) is 11.3 Å². The quantitative estimate of drug-likeness (QED) is 0.869. The molecule has 0 atom stereocenters. The topological polar surface area (TPSA) is 93.5 Å². The predicted octanol–water partition coefficient (Wildman–Crippen LogP) is 1.06. The number of nitrogens with zero attached hydrogens (tertiary/aromatic N) is 3. The maximum absolute atomic E-state index is 12.7. The highest BCUT2D eigenvalue weighted by molar-refractivity contribution is 7.89. The maximum Gasteiger partial charge on any atom is 0.274 e. The summed E-state index contributed by atoms with van der Waals surface area (Å²) in [5.74, 6) is -0.393. The Kier molecular flexibility index (Phi) is 4.72. The normalized spacial score (nSPS) is 16.2. The van der Waals surface area contributed by atoms with Crippen molar-refractivity contribution in [1.82, 2.24) is 13.9 Å². The van der Waals surface area contributed by atoms with E-state index in [-0.39, 0.29) is 10.6 Å². The van der Waals surface area contributed by atoms with Crippen molar-refractivity contribution in [1.29, 1.82) is 0 Å². The van der Waals surface area contributed by atoms with Crippen molar-refractivity contribution in [3.63, 3.8) is 0 Å². The number of aryl methyl sites for hydroxylation is 2. The fourth-order valence-corrected chi connectivity index (χ4v) is 4.57. The van der Waals surface area contributed by atoms with Gasteiger partial charge in [0.2, 0.25) is 10.0 Å². The SMILES string of the molecule is Cc1csc(NC(=O)c2cc(S(=O)(=O)N3CCOCC3)cn2C)n1. The number of hydrogen-bond acceptors (Lipinski definition) is 6. The molecule has 0 saturated carbocycles. The second-order valence-corrected chi connectivity index (χ2v) is 8.23. The first-order chi connectivity index (χ1) is 11.4. The maximum atomic E-state index is 12.7. The minimum Gasteiger partial charge on any atom is -0.379 e. The number of thiazole rings is 1. The summed E-state index contributed by atoms with van der Waals surface area (Å²) in [6, 6.07) is 1.39. The third kappa shape index (κ3) is 3.36. The van der Waals surface area contributed by atoms with E-state index in [0.717, 1.165) is 5.69 Å². The number of nitrogens with one attached hydrogen (secondary N) is 1. The number of morpholine rings is 1. The molecule has 2 aromatic heterocycles. The van der Waals surface area contributed by atoms with E-state index in [2.05, 4.69) is 10.3 Å². The molecular formula is C14H18N4O4S2. The molecular weight excluding hydrogens is 352 g/mol. The van der Waals surface area contributed by atoms with Crippen molar-refractivity contribution in [2.75, 3.05) is 31.6 Å². The highest BCUT2D eigenvalue weighted by Gasteiger charge is 2.28. The fourth-order valence-electron chi connectivity index (χ4n) is 2.41. The fraction of sp³-hybridized carbons (Fsp3) is 0.429. The molecule has 1 aliphatic rings. The largest absolute Gasteiger partial charge is 0.379 e. The van der Waals surface area contributed by atoms with Gasteiger partial charge in [-0.1, -0.05) is 0 Å². The Morgan fingerprint density at radius 1 is 1.38 bits per heavy atom. The summed E-state index contributed by atoms with van der Waals surface area (Å²) in [4.78, 5) is 16.6. The number of hydrogen-bond donors (Lipinski definition) is 1. The minimum atomic E-state index is -3.63. The van der Waals surface area contributed by atoms with Crippen LogP contribution in [0.4, 0.5) is 5.13 Å². The van der Waals surface area contributed by atoms with E-state index >= 15 is 0 Å². The molecule has 8 nitrogen and oxygen atoms in total. The van der Waals surface area contributed by atoms with Gasteiger partial charge in [-0.05, 0) is 13.0 Å². The van der Waals surface area contributed by atoms with Crippen LogP contribution in [0.2, 0.25) is 0 Å². The van der Waals surface area contributed by atoms with Crippen molar-refractivity contribution in [3.05, 3.63) is 29.0 Å². The van der Waals surface area contributed by atoms with Gasteiger partial charge in [0.05, 0.1) is 18.9 Å². The van der Waals surface area contributed by atoms with Crippen LogP contribution in [0.15, 0.2) is 22.5 Å². The van der Waals surface area contributed by atoms with Crippen LogP contribution in [0.1, 0.15) is 16.2 Å². The van der Waals surface area contributed by atoms with E-state index in [1.54, 1.807) is 7.05 Å². The number of carbonyl (C=O) groups excluding carboxylic acids is 1. The summed E-state index contributed by atoms with van der Waals surface area (Å²) in [6.45, 7) is 3.22. The molecule has 0 bridgehead atoms. The Bertz CT molecular complexity index is 850. The van der Waals surface area contributed by atoms with Crippen LogP contribution in [-0.4, -0.2) is 54.5 Å². The van der Waals surface area contributed by atoms with Crippen LogP contribution in [0, 0.1) is 6.92 Å². The number of ether oxygens (including phenoxy) is 1. The number of sulfonamides is 1. The molecule has 10 heteroatoms. The zero-order valence-electron chi connectivity index (χ0n) is 13.4. The average Bonchev–Trinajstić information content (AvgIpc) is 3.14. The molecule has 1 aliphatic heterocycles. The smallest absolute Gasteiger partial charge is 0.274 e. The van der Waals surface area contributed by atoms with E-state index in [0.29, 0.717) is 31.4 Å². The Morgan fingerprint density at radius 3 is 2.71 bits per heavy atom. The third-order valence-electron chi connectivity index (χ3n) is 3.66. The first-order valence-electron chi connectivity index (χ1n) is 7.35. The number of rotatable bonds is 4. The summed E-state index contributed by atoms with van der Waals surface area (Å²) >= 11 is 1.32. The molecule has 0 aliphatic carbocycles. The summed E-state index contributed by atoms with van der Waals surface area (Å²) in [5.41, 5.74) is 1.08. The van der Waals surface area contributed by atoms with Crippen molar-refractivity contribution in [2.24, 2.45) is 7.05 Å². The van der Waals surface area contributed by atoms with Gasteiger partial charge < -0.3 is 9.30 Å². The summed E-state index contributed by atoms with van der Waals surface area (Å²) in [6.07, 6.45) is 1.45. The zero-order valence-corrected chi connectivity index (χ0v) is 15.0. The molecule has 1 saturated heterocycles. The molecule has 1 fully saturated rings. The van der Waals surface area contributed by atoms with E-state index in [1.807, 2.05) is 12.3 Å². The van der Waals surface area contributed by atoms with Crippen molar-refractivity contribution < 1.29 is 17.9 Å². The Hall–Kier alpha value is -1.75. The number of carbonyl (C=O) groups is 1. The monoisotopic (exact) mass is 370 g/mol. The first-order valence-corrected chi connectivity index (χ1v) is 9.67. The summed E-state index contributed by atoms with van der Waals surface area (Å²) < 4.78 is 33.4. The molecule has 1 N–H and O–H groups in total. The van der Waals surface area contributed by atoms with E-state index in [4.69, 9.17) is 4.74 Å². The number of amides is 1. The van der Waals surface area contributed by atoms with Crippen LogP contribution < -0.4 is 5.32 Å². The van der Waals surface area contributed by atoms with Gasteiger partial charge in [-0.3, -0.25) is 10.1 Å². The summed E-state index contributed by atoms with van der Waals surface area (Å²) in [5, 5.41) is 4.99. The van der Waals surface area contributed by atoms with Crippen LogP contribution in [0.3, 0.4) is 0 Å². The first kappa shape index (κ1) is 17.1. The highest BCUT2D eigenvalue weighted by Crippen LogP contribution is 2.21. The molecule has 0 spiro atoms. The van der Waals surface area contributed by atoms with Gasteiger partial charge in [0, 0.05) is 31.7 Å². The summed E-state index contributed by atoms with van der Waals surface area (Å²) in [7, 11) is -1.99. The van der Waals surface area contributed by atoms with Gasteiger partial charge in [0.25, 0.3) is 5.91 Å². The van der Waals surface area contributed by atoms with Crippen molar-refractivity contribution in [2.45, 2.75) is 11.8 Å². The van der Waals surface area contributed by atoms with Gasteiger partial charge in [0.15, 0.2) is 5.13 Å². The van der Waals surface area contributed by atoms with E-state index < -0.39 is 15.9 Å². The molecule has 0 aromatic carbocycles. The second-order valence-electron chi connectivity index (χ2n) is 5.44. The number of anilines is 1. The lowest BCUT2D eigenvalue weighted by molar-refractivity contribution is 0.0730. The zero-order chi connectivity index (χ0) is 17.3. The van der Waals surface area contributed by atoms with Gasteiger partial charge >= 0.3 is 0 Å². The van der Waals surface area contributed by atoms with Crippen LogP contribution in [0.5, 0.6) is 0 Å². The Labute approximate surface area is 144 Å².